The van der Waals surface area contributed by atoms with E-state index in [9.17, 15) is 4.79 Å². The van der Waals surface area contributed by atoms with Gasteiger partial charge >= 0.3 is 0 Å². The Bertz CT molecular complexity index is 88.5. The van der Waals surface area contributed by atoms with E-state index >= 15 is 0 Å². The Kier molecular flexibility index (Phi) is 4.76. The monoisotopic (exact) mass is 130 g/mol. The predicted molar refractivity (Wildman–Crippen MR) is 38.0 cm³/mol. The van der Waals surface area contributed by atoms with Crippen LogP contribution in [0.4, 0.5) is 0 Å². The lowest BCUT2D eigenvalue weighted by atomic mass is 10.6. The van der Waals surface area contributed by atoms with E-state index in [1.807, 2.05) is 6.92 Å². The van der Waals surface area contributed by atoms with Crippen molar-refractivity contribution in [2.45, 2.75) is 13.3 Å². The molecule has 0 fully saturated rings. The predicted octanol–water partition coefficient (Wildman–Crippen LogP) is 1.84. The smallest absolute Gasteiger partial charge is 0.188 e. The van der Waals surface area contributed by atoms with Crippen LogP contribution in [0.25, 0.3) is 0 Å². The van der Waals surface area contributed by atoms with Crippen LogP contribution < -0.4 is 0 Å². The minimum absolute atomic E-state index is 0.241. The van der Waals surface area contributed by atoms with Crippen molar-refractivity contribution in [2.24, 2.45) is 0 Å². The lowest BCUT2D eigenvalue weighted by Crippen LogP contribution is -1.86. The van der Waals surface area contributed by atoms with Gasteiger partial charge in [0, 0.05) is 12.2 Å². The first kappa shape index (κ1) is 7.76. The fraction of sp³-hybridized carbons (Fsp3) is 0.500. The quantitative estimate of drug-likeness (QED) is 0.542. The first-order chi connectivity index (χ1) is 3.81. The third-order valence-electron chi connectivity index (χ3n) is 0.651. The summed E-state index contributed by atoms with van der Waals surface area (Å²) in [5.41, 5.74) is 0. The van der Waals surface area contributed by atoms with Gasteiger partial charge in [-0.05, 0) is 0 Å². The van der Waals surface area contributed by atoms with Gasteiger partial charge in [0.15, 0.2) is 5.12 Å². The number of carbonyl (C=O) groups excluding carboxylic acids is 1. The largest absolute Gasteiger partial charge is 0.287 e. The van der Waals surface area contributed by atoms with Crippen LogP contribution in [0.5, 0.6) is 0 Å². The summed E-state index contributed by atoms with van der Waals surface area (Å²) in [6.07, 6.45) is 2.36. The summed E-state index contributed by atoms with van der Waals surface area (Å²) < 4.78 is 0. The second-order valence-corrected chi connectivity index (χ2v) is 2.40. The molecule has 0 bridgehead atoms. The highest BCUT2D eigenvalue weighted by Crippen LogP contribution is 2.03. The fourth-order valence-electron chi connectivity index (χ4n) is 0.254. The molecule has 0 spiro atoms. The van der Waals surface area contributed by atoms with E-state index in [0.717, 1.165) is 5.75 Å². The average molecular weight is 130 g/mol. The van der Waals surface area contributed by atoms with Crippen molar-refractivity contribution in [3.63, 3.8) is 0 Å². The SMILES string of the molecule is C=CCSC(=O)CC. The summed E-state index contributed by atoms with van der Waals surface area (Å²) in [6, 6.07) is 0. The Morgan fingerprint density at radius 2 is 2.50 bits per heavy atom. The average Bonchev–Trinajstić information content (AvgIpc) is 1.83. The van der Waals surface area contributed by atoms with Crippen molar-refractivity contribution in [2.75, 3.05) is 5.75 Å². The molecule has 0 aromatic carbocycles. The highest BCUT2D eigenvalue weighted by atomic mass is 32.2. The van der Waals surface area contributed by atoms with E-state index < -0.39 is 0 Å². The molecule has 0 unspecified atom stereocenters. The lowest BCUT2D eigenvalue weighted by Gasteiger charge is -1.88. The van der Waals surface area contributed by atoms with E-state index in [1.165, 1.54) is 11.8 Å². The maximum absolute atomic E-state index is 10.5. The van der Waals surface area contributed by atoms with Crippen molar-refractivity contribution in [1.82, 2.24) is 0 Å². The van der Waals surface area contributed by atoms with Crippen LogP contribution in [-0.4, -0.2) is 10.9 Å². The molecule has 8 heavy (non-hydrogen) atoms. The van der Waals surface area contributed by atoms with E-state index in [1.54, 1.807) is 6.08 Å². The van der Waals surface area contributed by atoms with Crippen LogP contribution in [0.1, 0.15) is 13.3 Å². The lowest BCUT2D eigenvalue weighted by molar-refractivity contribution is -0.110. The molecule has 46 valence electrons. The molecular weight excluding hydrogens is 120 g/mol. The normalized spacial score (nSPS) is 8.62. The molecule has 0 radical (unpaired) electrons. The summed E-state index contributed by atoms with van der Waals surface area (Å²) in [5, 5.41) is 0.241. The molecule has 0 amide bonds. The van der Waals surface area contributed by atoms with Crippen LogP contribution in [-0.2, 0) is 4.79 Å². The second kappa shape index (κ2) is 4.91. The Hall–Kier alpha value is -0.240. The van der Waals surface area contributed by atoms with E-state index in [0.29, 0.717) is 6.42 Å². The van der Waals surface area contributed by atoms with Crippen molar-refractivity contribution in [3.8, 4) is 0 Å². The van der Waals surface area contributed by atoms with Gasteiger partial charge in [-0.2, -0.15) is 0 Å². The maximum Gasteiger partial charge on any atom is 0.188 e. The van der Waals surface area contributed by atoms with Crippen molar-refractivity contribution in [1.29, 1.82) is 0 Å². The molecule has 0 atom stereocenters. The highest BCUT2D eigenvalue weighted by molar-refractivity contribution is 8.13. The molecular formula is C6H10OS. The molecule has 0 saturated carbocycles. The molecule has 0 aliphatic rings. The van der Waals surface area contributed by atoms with Gasteiger partial charge in [-0.25, -0.2) is 0 Å². The van der Waals surface area contributed by atoms with Crippen molar-refractivity contribution >= 4 is 16.9 Å². The van der Waals surface area contributed by atoms with Crippen LogP contribution in [0, 0.1) is 0 Å². The molecule has 0 heterocycles. The summed E-state index contributed by atoms with van der Waals surface area (Å²) in [4.78, 5) is 10.5. The number of carbonyl (C=O) groups is 1. The summed E-state index contributed by atoms with van der Waals surface area (Å²) >= 11 is 1.32. The molecule has 2 heteroatoms. The van der Waals surface area contributed by atoms with Crippen molar-refractivity contribution < 1.29 is 4.79 Å². The zero-order chi connectivity index (χ0) is 6.41. The molecule has 0 aliphatic carbocycles. The third-order valence-corrected chi connectivity index (χ3v) is 1.66. The van der Waals surface area contributed by atoms with Gasteiger partial charge in [0.25, 0.3) is 0 Å². The first-order valence-electron chi connectivity index (χ1n) is 2.57. The van der Waals surface area contributed by atoms with Gasteiger partial charge in [0.1, 0.15) is 0 Å². The van der Waals surface area contributed by atoms with Crippen molar-refractivity contribution in [3.05, 3.63) is 12.7 Å². The topological polar surface area (TPSA) is 17.1 Å². The third kappa shape index (κ3) is 3.93. The van der Waals surface area contributed by atoms with Gasteiger partial charge < -0.3 is 0 Å². The number of thioether (sulfide) groups is 1. The Morgan fingerprint density at radius 1 is 1.88 bits per heavy atom. The summed E-state index contributed by atoms with van der Waals surface area (Å²) in [7, 11) is 0. The molecule has 0 N–H and O–H groups in total. The Morgan fingerprint density at radius 3 is 2.88 bits per heavy atom. The number of hydrogen-bond acceptors (Lipinski definition) is 2. The minimum Gasteiger partial charge on any atom is -0.287 e. The molecule has 0 aliphatic heterocycles. The number of rotatable bonds is 3. The summed E-state index contributed by atoms with van der Waals surface area (Å²) in [5.74, 6) is 0.743. The highest BCUT2D eigenvalue weighted by Gasteiger charge is 1.93. The Labute approximate surface area is 54.2 Å². The van der Waals surface area contributed by atoms with E-state index in [2.05, 4.69) is 6.58 Å². The van der Waals surface area contributed by atoms with E-state index in [4.69, 9.17) is 0 Å². The molecule has 0 aromatic rings. The van der Waals surface area contributed by atoms with Gasteiger partial charge in [-0.1, -0.05) is 24.8 Å². The summed E-state index contributed by atoms with van der Waals surface area (Å²) in [6.45, 7) is 5.35. The van der Waals surface area contributed by atoms with Crippen LogP contribution in [0.3, 0.4) is 0 Å². The van der Waals surface area contributed by atoms with Crippen LogP contribution in [0.15, 0.2) is 12.7 Å². The number of hydrogen-bond donors (Lipinski definition) is 0. The minimum atomic E-state index is 0.241. The Balaban J connectivity index is 3.11. The zero-order valence-electron chi connectivity index (χ0n) is 5.02. The van der Waals surface area contributed by atoms with Gasteiger partial charge in [0.2, 0.25) is 0 Å². The molecule has 0 saturated heterocycles. The van der Waals surface area contributed by atoms with Gasteiger partial charge in [-0.15, -0.1) is 6.58 Å². The molecule has 0 rings (SSSR count). The molecule has 0 aromatic heterocycles. The second-order valence-electron chi connectivity index (χ2n) is 1.33. The fourth-order valence-corrected chi connectivity index (χ4v) is 0.762. The molecule has 1 nitrogen and oxygen atoms in total. The maximum atomic E-state index is 10.5. The van der Waals surface area contributed by atoms with E-state index in [-0.39, 0.29) is 5.12 Å². The van der Waals surface area contributed by atoms with Crippen LogP contribution in [0.2, 0.25) is 0 Å². The van der Waals surface area contributed by atoms with Gasteiger partial charge in [0.05, 0.1) is 0 Å². The van der Waals surface area contributed by atoms with Crippen LogP contribution >= 0.6 is 11.8 Å². The zero-order valence-corrected chi connectivity index (χ0v) is 5.83. The van der Waals surface area contributed by atoms with Gasteiger partial charge in [-0.3, -0.25) is 4.79 Å². The standard InChI is InChI=1S/C6H10OS/c1-3-5-8-6(7)4-2/h3H,1,4-5H2,2H3. The first-order valence-corrected chi connectivity index (χ1v) is 3.56.